The van der Waals surface area contributed by atoms with Crippen LogP contribution in [-0.4, -0.2) is 60.9 Å². The van der Waals surface area contributed by atoms with Gasteiger partial charge in [-0.25, -0.2) is 14.4 Å². The van der Waals surface area contributed by atoms with Crippen LogP contribution in [0.4, 0.5) is 23.2 Å². The van der Waals surface area contributed by atoms with E-state index in [-0.39, 0.29) is 17.9 Å². The monoisotopic (exact) mass is 486 g/mol. The summed E-state index contributed by atoms with van der Waals surface area (Å²) in [7, 11) is 6.43. The van der Waals surface area contributed by atoms with E-state index in [0.29, 0.717) is 17.9 Å². The van der Waals surface area contributed by atoms with Gasteiger partial charge in [-0.05, 0) is 30.7 Å². The van der Waals surface area contributed by atoms with Gasteiger partial charge in [0.15, 0.2) is 0 Å². The van der Waals surface area contributed by atoms with E-state index >= 15 is 0 Å². The number of benzene rings is 1. The Morgan fingerprint density at radius 1 is 1.24 bits per heavy atom. The smallest absolute Gasteiger partial charge is 0.406 e. The fourth-order valence-electron chi connectivity index (χ4n) is 3.20. The van der Waals surface area contributed by atoms with Crippen LogP contribution < -0.4 is 15.0 Å². The van der Waals surface area contributed by atoms with Gasteiger partial charge in [-0.15, -0.1) is 13.2 Å². The molecule has 2 amide bonds. The van der Waals surface area contributed by atoms with E-state index in [1.807, 2.05) is 0 Å². The normalized spacial score (nSPS) is 18.8. The standard InChI is InChI=1S/C19H16BClF4N4O4/c20-18(11-7-26-10-27-8-11,17(31)28-12-5-6-32-9-12)29(16(30)15(21)22)13-1-3-14(4-2-13)33-19(23,24)25/h1-4,7-8,10,12,15H,5-6,9H2,(H,28,31)/t12-,15-,18+/m0/s1. The molecule has 8 nitrogen and oxygen atoms in total. The maximum Gasteiger partial charge on any atom is 0.573 e. The van der Waals surface area contributed by atoms with Crippen LogP contribution in [0.2, 0.25) is 0 Å². The topological polar surface area (TPSA) is 93.6 Å². The Morgan fingerprint density at radius 2 is 1.88 bits per heavy atom. The summed E-state index contributed by atoms with van der Waals surface area (Å²) in [6, 6.07) is 3.29. The maximum atomic E-state index is 14.0. The molecule has 0 unspecified atom stereocenters. The van der Waals surface area contributed by atoms with Crippen molar-refractivity contribution < 1.29 is 36.6 Å². The van der Waals surface area contributed by atoms with Crippen LogP contribution in [0.15, 0.2) is 43.0 Å². The second-order valence-corrected chi connectivity index (χ2v) is 7.33. The molecule has 1 aromatic carbocycles. The Labute approximate surface area is 191 Å². The van der Waals surface area contributed by atoms with E-state index in [9.17, 15) is 27.2 Å². The molecular weight excluding hydrogens is 470 g/mol. The lowest BCUT2D eigenvalue weighted by Crippen LogP contribution is -2.62. The second-order valence-electron chi connectivity index (χ2n) is 6.94. The van der Waals surface area contributed by atoms with E-state index in [1.165, 1.54) is 0 Å². The fourth-order valence-corrected chi connectivity index (χ4v) is 3.30. The summed E-state index contributed by atoms with van der Waals surface area (Å²) in [5, 5.41) is 2.63. The highest BCUT2D eigenvalue weighted by atomic mass is 35.5. The zero-order valence-electron chi connectivity index (χ0n) is 16.8. The van der Waals surface area contributed by atoms with Crippen molar-refractivity contribution in [2.45, 2.75) is 29.9 Å². The van der Waals surface area contributed by atoms with E-state index in [4.69, 9.17) is 24.2 Å². The lowest BCUT2D eigenvalue weighted by atomic mass is 9.70. The maximum absolute atomic E-state index is 14.0. The minimum absolute atomic E-state index is 0.109. The highest BCUT2D eigenvalue weighted by molar-refractivity contribution is 6.37. The van der Waals surface area contributed by atoms with E-state index < -0.39 is 41.0 Å². The molecule has 174 valence electrons. The van der Waals surface area contributed by atoms with Crippen LogP contribution >= 0.6 is 11.6 Å². The van der Waals surface area contributed by atoms with Crippen molar-refractivity contribution in [2.24, 2.45) is 0 Å². The van der Waals surface area contributed by atoms with Crippen LogP contribution in [0.3, 0.4) is 0 Å². The Balaban J connectivity index is 2.08. The number of halogens is 5. The highest BCUT2D eigenvalue weighted by Gasteiger charge is 2.47. The Bertz CT molecular complexity index is 978. The number of hydrogen-bond donors (Lipinski definition) is 1. The van der Waals surface area contributed by atoms with Crippen molar-refractivity contribution in [1.82, 2.24) is 15.3 Å². The number of alkyl halides is 5. The Hall–Kier alpha value is -2.93. The lowest BCUT2D eigenvalue weighted by molar-refractivity contribution is -0.274. The van der Waals surface area contributed by atoms with Crippen molar-refractivity contribution in [3.05, 3.63) is 48.5 Å². The van der Waals surface area contributed by atoms with Crippen LogP contribution in [0, 0.1) is 0 Å². The molecule has 2 heterocycles. The number of anilines is 1. The first-order valence-electron chi connectivity index (χ1n) is 9.43. The molecule has 1 aliphatic heterocycles. The van der Waals surface area contributed by atoms with Gasteiger partial charge < -0.3 is 14.8 Å². The number of hydrogen-bond acceptors (Lipinski definition) is 6. The zero-order valence-corrected chi connectivity index (χ0v) is 17.5. The molecule has 3 atom stereocenters. The van der Waals surface area contributed by atoms with Gasteiger partial charge in [-0.2, -0.15) is 0 Å². The molecular formula is C19H16BClF4N4O4. The van der Waals surface area contributed by atoms with Gasteiger partial charge >= 0.3 is 6.36 Å². The molecule has 14 heteroatoms. The molecule has 1 saturated heterocycles. The van der Waals surface area contributed by atoms with Gasteiger partial charge in [0.1, 0.15) is 25.4 Å². The van der Waals surface area contributed by atoms with Crippen LogP contribution in [0.1, 0.15) is 12.0 Å². The summed E-state index contributed by atoms with van der Waals surface area (Å²) in [6.45, 7) is 0.570. The quantitative estimate of drug-likeness (QED) is 0.366. The summed E-state index contributed by atoms with van der Waals surface area (Å²) >= 11 is 5.39. The van der Waals surface area contributed by atoms with Crippen molar-refractivity contribution in [1.29, 1.82) is 0 Å². The predicted molar refractivity (Wildman–Crippen MR) is 108 cm³/mol. The number of carbonyl (C=O) groups excluding carboxylic acids is 2. The second kappa shape index (κ2) is 9.92. The SMILES string of the molecule is [B][C@](C(=O)N[C@H]1CCOC1)(c1cncnc1)N(C(=O)[C@H](F)Cl)c1ccc(OC(F)(F)F)cc1. The minimum Gasteiger partial charge on any atom is -0.406 e. The highest BCUT2D eigenvalue weighted by Crippen LogP contribution is 2.34. The first-order chi connectivity index (χ1) is 15.5. The molecule has 33 heavy (non-hydrogen) atoms. The first kappa shape index (κ1) is 24.7. The van der Waals surface area contributed by atoms with Gasteiger partial charge in [0, 0.05) is 30.3 Å². The van der Waals surface area contributed by atoms with Gasteiger partial charge in [0.05, 0.1) is 12.6 Å². The molecule has 0 bridgehead atoms. The summed E-state index contributed by atoms with van der Waals surface area (Å²) in [4.78, 5) is 34.3. The minimum atomic E-state index is -4.96. The predicted octanol–water partition coefficient (Wildman–Crippen LogP) is 2.17. The summed E-state index contributed by atoms with van der Waals surface area (Å²) in [5.74, 6) is -2.99. The van der Waals surface area contributed by atoms with Crippen LogP contribution in [-0.2, 0) is 19.8 Å². The van der Waals surface area contributed by atoms with Gasteiger partial charge in [-0.1, -0.05) is 11.6 Å². The molecule has 1 fully saturated rings. The summed E-state index contributed by atoms with van der Waals surface area (Å²) in [5.41, 5.74) is -5.40. The molecule has 2 aromatic rings. The molecule has 1 N–H and O–H groups in total. The molecule has 1 aliphatic rings. The molecule has 0 aliphatic carbocycles. The molecule has 0 saturated carbocycles. The zero-order chi connectivity index (χ0) is 24.2. The van der Waals surface area contributed by atoms with E-state index in [1.54, 1.807) is 0 Å². The molecule has 1 aromatic heterocycles. The van der Waals surface area contributed by atoms with Crippen molar-refractivity contribution in [2.75, 3.05) is 18.1 Å². The third kappa shape index (κ3) is 5.71. The average Bonchev–Trinajstić information content (AvgIpc) is 3.27. The van der Waals surface area contributed by atoms with Crippen LogP contribution in [0.5, 0.6) is 5.75 Å². The van der Waals surface area contributed by atoms with E-state index in [2.05, 4.69) is 20.0 Å². The van der Waals surface area contributed by atoms with Crippen molar-refractivity contribution in [3.63, 3.8) is 0 Å². The number of rotatable bonds is 7. The number of nitrogens with one attached hydrogen (secondary N) is 1. The molecule has 0 spiro atoms. The molecule has 2 radical (unpaired) electrons. The Kier molecular flexibility index (Phi) is 7.43. The number of carbonyl (C=O) groups is 2. The van der Waals surface area contributed by atoms with Crippen LogP contribution in [0.25, 0.3) is 0 Å². The number of aromatic nitrogens is 2. The van der Waals surface area contributed by atoms with Gasteiger partial charge in [0.2, 0.25) is 5.91 Å². The number of amides is 2. The average molecular weight is 487 g/mol. The van der Waals surface area contributed by atoms with Crippen molar-refractivity contribution in [3.8, 4) is 5.75 Å². The van der Waals surface area contributed by atoms with E-state index in [0.717, 1.165) is 43.0 Å². The third-order valence-electron chi connectivity index (χ3n) is 4.70. The van der Waals surface area contributed by atoms with Gasteiger partial charge in [0.25, 0.3) is 11.5 Å². The largest absolute Gasteiger partial charge is 0.573 e. The molecule has 3 rings (SSSR count). The lowest BCUT2D eigenvalue weighted by Gasteiger charge is -2.41. The first-order valence-corrected chi connectivity index (χ1v) is 9.87. The third-order valence-corrected chi connectivity index (χ3v) is 4.89. The van der Waals surface area contributed by atoms with Crippen molar-refractivity contribution >= 4 is 36.9 Å². The fraction of sp³-hybridized carbons (Fsp3) is 0.368. The number of nitrogens with zero attached hydrogens (tertiary/aromatic N) is 3. The number of ether oxygens (including phenoxy) is 2. The summed E-state index contributed by atoms with van der Waals surface area (Å²) in [6.07, 6.45) is -1.08. The summed E-state index contributed by atoms with van der Waals surface area (Å²) < 4.78 is 60.5. The Morgan fingerprint density at radius 3 is 2.39 bits per heavy atom. The van der Waals surface area contributed by atoms with Gasteiger partial charge in [-0.3, -0.25) is 14.5 Å².